The number of hydrogen-bond acceptors (Lipinski definition) is 5. The summed E-state index contributed by atoms with van der Waals surface area (Å²) in [5.74, 6) is 1.30. The lowest BCUT2D eigenvalue weighted by Crippen LogP contribution is -2.28. The summed E-state index contributed by atoms with van der Waals surface area (Å²) in [6.45, 7) is 2.77. The van der Waals surface area contributed by atoms with Crippen LogP contribution in [0.5, 0.6) is 5.75 Å². The lowest BCUT2D eigenvalue weighted by atomic mass is 10.1. The van der Waals surface area contributed by atoms with E-state index in [9.17, 15) is 4.79 Å². The number of nitrogens with zero attached hydrogens (tertiary/aromatic N) is 2. The van der Waals surface area contributed by atoms with Crippen molar-refractivity contribution in [3.63, 3.8) is 0 Å². The molecule has 0 atom stereocenters. The molecule has 0 spiro atoms. The Hall–Kier alpha value is -3.12. The summed E-state index contributed by atoms with van der Waals surface area (Å²) in [5.41, 5.74) is 3.23. The van der Waals surface area contributed by atoms with Gasteiger partial charge in [0.2, 0.25) is 0 Å². The van der Waals surface area contributed by atoms with Gasteiger partial charge in [0.25, 0.3) is 5.91 Å². The number of ether oxygens (including phenoxy) is 1. The van der Waals surface area contributed by atoms with Crippen LogP contribution >= 0.6 is 0 Å². The molecule has 6 heteroatoms. The van der Waals surface area contributed by atoms with Crippen LogP contribution in [-0.4, -0.2) is 41.3 Å². The molecular formula is C22H24N2O4. The topological polar surface area (TPSA) is 75.8 Å². The zero-order chi connectivity index (χ0) is 19.9. The molecule has 28 heavy (non-hydrogen) atoms. The van der Waals surface area contributed by atoms with E-state index < -0.39 is 0 Å². The van der Waals surface area contributed by atoms with Crippen LogP contribution < -0.4 is 4.74 Å². The summed E-state index contributed by atoms with van der Waals surface area (Å²) in [6, 6.07) is 16.9. The summed E-state index contributed by atoms with van der Waals surface area (Å²) in [4.78, 5) is 13.9. The first-order chi connectivity index (χ1) is 13.6. The largest absolute Gasteiger partial charge is 0.489 e. The fourth-order valence-electron chi connectivity index (χ4n) is 2.86. The van der Waals surface area contributed by atoms with Crippen LogP contribution in [0.4, 0.5) is 0 Å². The predicted octanol–water partition coefficient (Wildman–Crippen LogP) is 3.68. The standard InChI is InChI=1S/C22H24N2O4/c1-16-20(21(23-28-16)17-7-4-3-5-8-17)15-27-19-11-9-18(10-12-19)22(26)24(2)13-6-14-25/h3-5,7-12,25H,6,13-15H2,1-2H3. The van der Waals surface area contributed by atoms with Gasteiger partial charge in [-0.1, -0.05) is 35.5 Å². The minimum atomic E-state index is -0.0822. The fourth-order valence-corrected chi connectivity index (χ4v) is 2.86. The van der Waals surface area contributed by atoms with Crippen molar-refractivity contribution in [2.24, 2.45) is 0 Å². The molecule has 3 rings (SSSR count). The van der Waals surface area contributed by atoms with E-state index in [1.54, 1.807) is 36.2 Å². The van der Waals surface area contributed by atoms with Gasteiger partial charge >= 0.3 is 0 Å². The molecular weight excluding hydrogens is 356 g/mol. The van der Waals surface area contributed by atoms with Crippen molar-refractivity contribution in [2.75, 3.05) is 20.2 Å². The number of aryl methyl sites for hydroxylation is 1. The molecule has 3 aromatic rings. The number of amides is 1. The van der Waals surface area contributed by atoms with Gasteiger partial charge in [0.1, 0.15) is 23.8 Å². The third-order valence-corrected chi connectivity index (χ3v) is 4.51. The smallest absolute Gasteiger partial charge is 0.253 e. The third kappa shape index (κ3) is 4.58. The first-order valence-electron chi connectivity index (χ1n) is 9.20. The Bertz CT molecular complexity index is 904. The van der Waals surface area contributed by atoms with Crippen molar-refractivity contribution < 1.29 is 19.2 Å². The van der Waals surface area contributed by atoms with E-state index in [4.69, 9.17) is 14.4 Å². The van der Waals surface area contributed by atoms with E-state index >= 15 is 0 Å². The molecule has 6 nitrogen and oxygen atoms in total. The van der Waals surface area contributed by atoms with Crippen molar-refractivity contribution in [3.8, 4) is 17.0 Å². The summed E-state index contributed by atoms with van der Waals surface area (Å²) >= 11 is 0. The number of benzene rings is 2. The Kier molecular flexibility index (Phi) is 6.45. The number of carbonyl (C=O) groups excluding carboxylic acids is 1. The molecule has 0 unspecified atom stereocenters. The van der Waals surface area contributed by atoms with Crippen LogP contribution in [0.25, 0.3) is 11.3 Å². The predicted molar refractivity (Wildman–Crippen MR) is 106 cm³/mol. The highest BCUT2D eigenvalue weighted by Gasteiger charge is 2.16. The molecule has 1 aromatic heterocycles. The average Bonchev–Trinajstić information content (AvgIpc) is 3.11. The quantitative estimate of drug-likeness (QED) is 0.645. The van der Waals surface area contributed by atoms with Crippen molar-refractivity contribution in [1.82, 2.24) is 10.1 Å². The van der Waals surface area contributed by atoms with E-state index in [1.165, 1.54) is 0 Å². The number of aliphatic hydroxyl groups excluding tert-OH is 1. The summed E-state index contributed by atoms with van der Waals surface area (Å²) in [5, 5.41) is 13.0. The second-order valence-electron chi connectivity index (χ2n) is 6.55. The molecule has 0 bridgehead atoms. The highest BCUT2D eigenvalue weighted by Crippen LogP contribution is 2.26. The van der Waals surface area contributed by atoms with E-state index in [2.05, 4.69) is 5.16 Å². The minimum absolute atomic E-state index is 0.0671. The number of carbonyl (C=O) groups is 1. The van der Waals surface area contributed by atoms with Crippen LogP contribution in [0.1, 0.15) is 28.1 Å². The zero-order valence-corrected chi connectivity index (χ0v) is 16.1. The Morgan fingerprint density at radius 1 is 1.14 bits per heavy atom. The first-order valence-corrected chi connectivity index (χ1v) is 9.20. The summed E-state index contributed by atoms with van der Waals surface area (Å²) in [6.07, 6.45) is 0.561. The number of aliphatic hydroxyl groups is 1. The Morgan fingerprint density at radius 2 is 1.86 bits per heavy atom. The number of aromatic nitrogens is 1. The van der Waals surface area contributed by atoms with Gasteiger partial charge < -0.3 is 19.3 Å². The van der Waals surface area contributed by atoms with Gasteiger partial charge in [0, 0.05) is 31.3 Å². The van der Waals surface area contributed by atoms with Crippen LogP contribution in [-0.2, 0) is 6.61 Å². The molecule has 0 saturated carbocycles. The molecule has 1 heterocycles. The van der Waals surface area contributed by atoms with E-state index in [1.807, 2.05) is 37.3 Å². The molecule has 0 aliphatic rings. The maximum atomic E-state index is 12.3. The zero-order valence-electron chi connectivity index (χ0n) is 16.1. The van der Waals surface area contributed by atoms with Crippen LogP contribution in [0.3, 0.4) is 0 Å². The highest BCUT2D eigenvalue weighted by molar-refractivity contribution is 5.94. The Morgan fingerprint density at radius 3 is 2.54 bits per heavy atom. The van der Waals surface area contributed by atoms with Gasteiger partial charge in [-0.2, -0.15) is 0 Å². The molecule has 0 aliphatic heterocycles. The van der Waals surface area contributed by atoms with Gasteiger partial charge in [0.05, 0.1) is 5.56 Å². The maximum Gasteiger partial charge on any atom is 0.253 e. The Labute approximate surface area is 164 Å². The second kappa shape index (κ2) is 9.19. The summed E-state index contributed by atoms with van der Waals surface area (Å²) < 4.78 is 11.2. The monoisotopic (exact) mass is 380 g/mol. The van der Waals surface area contributed by atoms with Gasteiger partial charge in [-0.3, -0.25) is 4.79 Å². The Balaban J connectivity index is 1.66. The van der Waals surface area contributed by atoms with Gasteiger partial charge in [-0.15, -0.1) is 0 Å². The van der Waals surface area contributed by atoms with Crippen LogP contribution in [0, 0.1) is 6.92 Å². The fraction of sp³-hybridized carbons (Fsp3) is 0.273. The lowest BCUT2D eigenvalue weighted by Gasteiger charge is -2.16. The minimum Gasteiger partial charge on any atom is -0.489 e. The van der Waals surface area contributed by atoms with Crippen molar-refractivity contribution in [2.45, 2.75) is 20.0 Å². The highest BCUT2D eigenvalue weighted by atomic mass is 16.5. The van der Waals surface area contributed by atoms with Crippen molar-refractivity contribution >= 4 is 5.91 Å². The molecule has 0 radical (unpaired) electrons. The molecule has 2 aromatic carbocycles. The number of rotatable bonds is 8. The van der Waals surface area contributed by atoms with E-state index in [-0.39, 0.29) is 12.5 Å². The summed E-state index contributed by atoms with van der Waals surface area (Å²) in [7, 11) is 1.72. The molecule has 0 aliphatic carbocycles. The number of hydrogen-bond donors (Lipinski definition) is 1. The molecule has 0 fully saturated rings. The molecule has 1 amide bonds. The normalized spacial score (nSPS) is 10.7. The van der Waals surface area contributed by atoms with Crippen LogP contribution in [0.2, 0.25) is 0 Å². The SMILES string of the molecule is Cc1onc(-c2ccccc2)c1COc1ccc(C(=O)N(C)CCCO)cc1. The lowest BCUT2D eigenvalue weighted by molar-refractivity contribution is 0.0786. The molecule has 146 valence electrons. The molecule has 1 N–H and O–H groups in total. The third-order valence-electron chi connectivity index (χ3n) is 4.51. The van der Waals surface area contributed by atoms with Crippen LogP contribution in [0.15, 0.2) is 59.1 Å². The van der Waals surface area contributed by atoms with Crippen molar-refractivity contribution in [3.05, 3.63) is 71.5 Å². The van der Waals surface area contributed by atoms with E-state index in [0.29, 0.717) is 30.9 Å². The van der Waals surface area contributed by atoms with Gasteiger partial charge in [-0.25, -0.2) is 0 Å². The average molecular weight is 380 g/mol. The van der Waals surface area contributed by atoms with Gasteiger partial charge in [0.15, 0.2) is 0 Å². The second-order valence-corrected chi connectivity index (χ2v) is 6.55. The van der Waals surface area contributed by atoms with Gasteiger partial charge in [-0.05, 0) is 37.6 Å². The van der Waals surface area contributed by atoms with Crippen molar-refractivity contribution in [1.29, 1.82) is 0 Å². The first kappa shape index (κ1) is 19.6. The molecule has 0 saturated heterocycles. The maximum absolute atomic E-state index is 12.3. The van der Waals surface area contributed by atoms with E-state index in [0.717, 1.165) is 22.6 Å².